The number of carbonyl (C=O) groups is 1. The third-order valence-corrected chi connectivity index (χ3v) is 2.57. The Labute approximate surface area is 106 Å². The van der Waals surface area contributed by atoms with E-state index < -0.39 is 17.6 Å². The molecule has 0 saturated heterocycles. The quantitative estimate of drug-likeness (QED) is 0.906. The molecular formula is C12H9F3N3O. The number of rotatable bonds is 2. The fourth-order valence-electron chi connectivity index (χ4n) is 1.68. The molecule has 0 aliphatic heterocycles. The van der Waals surface area contributed by atoms with Gasteiger partial charge < -0.3 is 10.3 Å². The highest BCUT2D eigenvalue weighted by atomic mass is 19.4. The fourth-order valence-corrected chi connectivity index (χ4v) is 1.68. The minimum Gasteiger partial charge on any atom is -0.366 e. The van der Waals surface area contributed by atoms with Gasteiger partial charge in [0.15, 0.2) is 0 Å². The molecule has 7 heteroatoms. The molecule has 0 aliphatic carbocycles. The van der Waals surface area contributed by atoms with Crippen molar-refractivity contribution in [2.45, 2.75) is 13.1 Å². The largest absolute Gasteiger partial charge is 0.419 e. The van der Waals surface area contributed by atoms with Crippen LogP contribution in [0.2, 0.25) is 0 Å². The molecule has 0 aliphatic rings. The van der Waals surface area contributed by atoms with Gasteiger partial charge >= 0.3 is 6.18 Å². The van der Waals surface area contributed by atoms with E-state index in [0.717, 1.165) is 12.1 Å². The van der Waals surface area contributed by atoms with Gasteiger partial charge in [0.25, 0.3) is 0 Å². The molecule has 0 atom stereocenters. The van der Waals surface area contributed by atoms with E-state index in [1.54, 1.807) is 6.92 Å². The molecule has 2 rings (SSSR count). The van der Waals surface area contributed by atoms with Crippen LogP contribution < -0.4 is 5.73 Å². The number of aryl methyl sites for hydroxylation is 1. The highest BCUT2D eigenvalue weighted by molar-refractivity contribution is 5.93. The number of benzene rings is 1. The molecule has 2 aromatic rings. The lowest BCUT2D eigenvalue weighted by atomic mass is 10.1. The van der Waals surface area contributed by atoms with E-state index in [9.17, 15) is 18.0 Å². The summed E-state index contributed by atoms with van der Waals surface area (Å²) in [6.45, 7) is 1.55. The zero-order valence-electron chi connectivity index (χ0n) is 9.82. The Morgan fingerprint density at radius 3 is 2.63 bits per heavy atom. The summed E-state index contributed by atoms with van der Waals surface area (Å²) in [5.74, 6) is -0.454. The van der Waals surface area contributed by atoms with E-state index in [4.69, 9.17) is 5.73 Å². The Balaban J connectivity index is 2.71. The predicted octanol–water partition coefficient (Wildman–Crippen LogP) is 2.10. The summed E-state index contributed by atoms with van der Waals surface area (Å²) in [7, 11) is 0. The number of nitrogens with zero attached hydrogens (tertiary/aromatic N) is 2. The van der Waals surface area contributed by atoms with Crippen molar-refractivity contribution in [2.24, 2.45) is 5.73 Å². The number of alkyl halides is 3. The summed E-state index contributed by atoms with van der Waals surface area (Å²) in [6, 6.07) is 4.08. The number of imidazole rings is 1. The Kier molecular flexibility index (Phi) is 3.05. The van der Waals surface area contributed by atoms with Gasteiger partial charge in [-0.3, -0.25) is 4.79 Å². The summed E-state index contributed by atoms with van der Waals surface area (Å²) in [4.78, 5) is 14.9. The van der Waals surface area contributed by atoms with Gasteiger partial charge in [-0.2, -0.15) is 13.2 Å². The lowest BCUT2D eigenvalue weighted by Gasteiger charge is -2.15. The minimum absolute atomic E-state index is 0.0453. The molecule has 4 nitrogen and oxygen atoms in total. The number of halogens is 3. The van der Waals surface area contributed by atoms with E-state index in [0.29, 0.717) is 5.82 Å². The van der Waals surface area contributed by atoms with Gasteiger partial charge in [-0.25, -0.2) is 4.98 Å². The van der Waals surface area contributed by atoms with Crippen molar-refractivity contribution >= 4 is 5.91 Å². The summed E-state index contributed by atoms with van der Waals surface area (Å²) >= 11 is 0. The van der Waals surface area contributed by atoms with Crippen LogP contribution in [0.5, 0.6) is 0 Å². The highest BCUT2D eigenvalue weighted by Gasteiger charge is 2.34. The average Bonchev–Trinajstić information content (AvgIpc) is 2.73. The van der Waals surface area contributed by atoms with Gasteiger partial charge in [0.2, 0.25) is 5.91 Å². The smallest absolute Gasteiger partial charge is 0.366 e. The van der Waals surface area contributed by atoms with Crippen molar-refractivity contribution in [3.63, 3.8) is 0 Å². The molecule has 1 aromatic heterocycles. The van der Waals surface area contributed by atoms with Crippen LogP contribution in [0.4, 0.5) is 13.2 Å². The first-order valence-electron chi connectivity index (χ1n) is 5.23. The van der Waals surface area contributed by atoms with E-state index in [1.807, 2.05) is 0 Å². The molecule has 0 bridgehead atoms. The van der Waals surface area contributed by atoms with Crippen LogP contribution in [0.15, 0.2) is 24.5 Å². The number of aromatic nitrogens is 2. The Hall–Kier alpha value is -2.31. The maximum atomic E-state index is 12.9. The van der Waals surface area contributed by atoms with Crippen molar-refractivity contribution in [3.05, 3.63) is 47.5 Å². The van der Waals surface area contributed by atoms with Crippen LogP contribution in [0, 0.1) is 13.0 Å². The number of primary amides is 1. The van der Waals surface area contributed by atoms with Crippen LogP contribution in [0.3, 0.4) is 0 Å². The number of carbonyl (C=O) groups excluding carboxylic acids is 1. The topological polar surface area (TPSA) is 60.9 Å². The normalized spacial score (nSPS) is 11.6. The highest BCUT2D eigenvalue weighted by Crippen LogP contribution is 2.34. The van der Waals surface area contributed by atoms with Crippen molar-refractivity contribution in [2.75, 3.05) is 0 Å². The number of amides is 1. The van der Waals surface area contributed by atoms with Gasteiger partial charge in [-0.05, 0) is 25.1 Å². The second-order valence-corrected chi connectivity index (χ2v) is 3.86. The zero-order chi connectivity index (χ0) is 14.2. The lowest BCUT2D eigenvalue weighted by molar-refractivity contribution is -0.137. The lowest BCUT2D eigenvalue weighted by Crippen LogP contribution is -2.16. The summed E-state index contributed by atoms with van der Waals surface area (Å²) in [6.07, 6.45) is -1.84. The average molecular weight is 268 g/mol. The molecular weight excluding hydrogens is 259 g/mol. The Morgan fingerprint density at radius 1 is 1.47 bits per heavy atom. The van der Waals surface area contributed by atoms with E-state index >= 15 is 0 Å². The molecule has 1 radical (unpaired) electrons. The van der Waals surface area contributed by atoms with Crippen molar-refractivity contribution in [1.29, 1.82) is 0 Å². The SMILES string of the molecule is Cc1nccn1-c1cc(C(N)=O)c[c]c1C(F)(F)F. The molecule has 0 saturated carbocycles. The van der Waals surface area contributed by atoms with Gasteiger partial charge in [0, 0.05) is 18.0 Å². The molecule has 0 fully saturated rings. The predicted molar refractivity (Wildman–Crippen MR) is 60.7 cm³/mol. The molecule has 0 spiro atoms. The maximum Gasteiger partial charge on any atom is 0.419 e. The van der Waals surface area contributed by atoms with Crippen LogP contribution in [0.25, 0.3) is 5.69 Å². The first-order valence-corrected chi connectivity index (χ1v) is 5.23. The minimum atomic E-state index is -4.58. The molecule has 1 heterocycles. The number of hydrogen-bond donors (Lipinski definition) is 1. The molecule has 99 valence electrons. The van der Waals surface area contributed by atoms with E-state index in [2.05, 4.69) is 11.1 Å². The van der Waals surface area contributed by atoms with Gasteiger partial charge in [-0.1, -0.05) is 0 Å². The van der Waals surface area contributed by atoms with Gasteiger partial charge in [0.05, 0.1) is 11.3 Å². The van der Waals surface area contributed by atoms with Crippen LogP contribution in [0.1, 0.15) is 21.7 Å². The van der Waals surface area contributed by atoms with Crippen molar-refractivity contribution in [1.82, 2.24) is 9.55 Å². The molecule has 1 aromatic carbocycles. The van der Waals surface area contributed by atoms with Crippen LogP contribution in [-0.4, -0.2) is 15.5 Å². The molecule has 19 heavy (non-hydrogen) atoms. The van der Waals surface area contributed by atoms with Gasteiger partial charge in [0.1, 0.15) is 5.82 Å². The van der Waals surface area contributed by atoms with Crippen molar-refractivity contribution < 1.29 is 18.0 Å². The summed E-state index contributed by atoms with van der Waals surface area (Å²) < 4.78 is 40.0. The second-order valence-electron chi connectivity index (χ2n) is 3.86. The third-order valence-electron chi connectivity index (χ3n) is 2.57. The summed E-state index contributed by atoms with van der Waals surface area (Å²) in [5, 5.41) is 0. The van der Waals surface area contributed by atoms with E-state index in [1.165, 1.54) is 17.0 Å². The second kappa shape index (κ2) is 4.42. The first kappa shape index (κ1) is 13.1. The Bertz CT molecular complexity index is 631. The summed E-state index contributed by atoms with van der Waals surface area (Å²) in [5.41, 5.74) is 3.83. The standard InChI is InChI=1S/C12H9F3N3O/c1-7-17-4-5-18(7)10-6-8(11(16)19)2-3-9(10)12(13,14)15/h2,4-6H,1H3,(H2,16,19). The van der Waals surface area contributed by atoms with Crippen LogP contribution in [-0.2, 0) is 6.18 Å². The monoisotopic (exact) mass is 268 g/mol. The zero-order valence-corrected chi connectivity index (χ0v) is 9.82. The third kappa shape index (κ3) is 2.44. The Morgan fingerprint density at radius 2 is 2.16 bits per heavy atom. The first-order chi connectivity index (χ1) is 8.80. The van der Waals surface area contributed by atoms with Gasteiger partial charge in [-0.15, -0.1) is 0 Å². The molecule has 0 unspecified atom stereocenters. The van der Waals surface area contributed by atoms with Crippen molar-refractivity contribution in [3.8, 4) is 5.69 Å². The number of hydrogen-bond acceptors (Lipinski definition) is 2. The number of nitrogens with two attached hydrogens (primary N) is 1. The van der Waals surface area contributed by atoms with Crippen LogP contribution >= 0.6 is 0 Å². The maximum absolute atomic E-state index is 12.9. The molecule has 1 amide bonds. The van der Waals surface area contributed by atoms with E-state index in [-0.39, 0.29) is 11.3 Å². The molecule has 2 N–H and O–H groups in total. The fraction of sp³-hybridized carbons (Fsp3) is 0.167.